The Kier molecular flexibility index (Phi) is 5.69. The first kappa shape index (κ1) is 16.9. The lowest BCUT2D eigenvalue weighted by Gasteiger charge is -2.36. The van der Waals surface area contributed by atoms with Crippen molar-refractivity contribution in [2.45, 2.75) is 13.5 Å². The Labute approximate surface area is 155 Å². The fourth-order valence-corrected chi connectivity index (χ4v) is 4.52. The molecular weight excluding hydrogens is 390 g/mol. The van der Waals surface area contributed by atoms with E-state index in [1.807, 2.05) is 11.3 Å². The standard InChI is InChI=1S/C17H20BrN3S2/c1-13-3-2-4-14(11-13)19-17(22)21-9-7-20(8-10-21)12-15-5-6-16(18)23-15/h2-6,11H,7-10,12H2,1H3,(H,19,22). The van der Waals surface area contributed by atoms with Crippen LogP contribution in [0, 0.1) is 6.92 Å². The van der Waals surface area contributed by atoms with E-state index in [4.69, 9.17) is 12.2 Å². The van der Waals surface area contributed by atoms with Crippen LogP contribution in [0.2, 0.25) is 0 Å². The molecule has 122 valence electrons. The lowest BCUT2D eigenvalue weighted by Crippen LogP contribution is -2.49. The highest BCUT2D eigenvalue weighted by molar-refractivity contribution is 9.11. The van der Waals surface area contributed by atoms with E-state index in [-0.39, 0.29) is 0 Å². The first-order valence-corrected chi connectivity index (χ1v) is 9.71. The summed E-state index contributed by atoms with van der Waals surface area (Å²) in [5.74, 6) is 0. The fourth-order valence-electron chi connectivity index (χ4n) is 2.69. The minimum Gasteiger partial charge on any atom is -0.346 e. The number of thiophene rings is 1. The van der Waals surface area contributed by atoms with E-state index in [1.165, 1.54) is 14.2 Å². The summed E-state index contributed by atoms with van der Waals surface area (Å²) in [5, 5.41) is 4.18. The van der Waals surface area contributed by atoms with Crippen molar-refractivity contribution in [3.63, 3.8) is 0 Å². The molecule has 1 N–H and O–H groups in total. The molecule has 1 fully saturated rings. The summed E-state index contributed by atoms with van der Waals surface area (Å²) in [6.45, 7) is 7.17. The molecule has 2 aromatic rings. The number of thiocarbonyl (C=S) groups is 1. The lowest BCUT2D eigenvalue weighted by atomic mass is 10.2. The first-order valence-electron chi connectivity index (χ1n) is 7.69. The van der Waals surface area contributed by atoms with Crippen LogP contribution < -0.4 is 5.32 Å². The second kappa shape index (κ2) is 7.75. The number of nitrogens with zero attached hydrogens (tertiary/aromatic N) is 2. The van der Waals surface area contributed by atoms with Crippen LogP contribution in [0.3, 0.4) is 0 Å². The maximum atomic E-state index is 5.56. The Balaban J connectivity index is 1.49. The number of aryl methyl sites for hydroxylation is 1. The van der Waals surface area contributed by atoms with Gasteiger partial charge in [0.15, 0.2) is 5.11 Å². The predicted molar refractivity (Wildman–Crippen MR) is 106 cm³/mol. The number of hydrogen-bond donors (Lipinski definition) is 1. The van der Waals surface area contributed by atoms with Gasteiger partial charge in [-0.25, -0.2) is 0 Å². The summed E-state index contributed by atoms with van der Waals surface area (Å²) < 4.78 is 1.20. The molecule has 0 spiro atoms. The van der Waals surface area contributed by atoms with Gasteiger partial charge >= 0.3 is 0 Å². The third-order valence-corrected chi connectivity index (χ3v) is 5.91. The minimum atomic E-state index is 0.828. The van der Waals surface area contributed by atoms with Gasteiger partial charge in [0.25, 0.3) is 0 Å². The number of rotatable bonds is 3. The van der Waals surface area contributed by atoms with E-state index in [2.05, 4.69) is 74.4 Å². The number of hydrogen-bond acceptors (Lipinski definition) is 3. The van der Waals surface area contributed by atoms with E-state index in [0.717, 1.165) is 43.5 Å². The zero-order valence-corrected chi connectivity index (χ0v) is 16.3. The van der Waals surface area contributed by atoms with E-state index >= 15 is 0 Å². The molecule has 0 unspecified atom stereocenters. The highest BCUT2D eigenvalue weighted by Gasteiger charge is 2.19. The molecule has 6 heteroatoms. The van der Waals surface area contributed by atoms with Gasteiger partial charge in [-0.3, -0.25) is 4.90 Å². The molecule has 1 aliphatic rings. The summed E-state index contributed by atoms with van der Waals surface area (Å²) in [6, 6.07) is 12.6. The minimum absolute atomic E-state index is 0.828. The number of nitrogens with one attached hydrogen (secondary N) is 1. The molecule has 0 aliphatic carbocycles. The van der Waals surface area contributed by atoms with Crippen LogP contribution in [-0.4, -0.2) is 41.1 Å². The van der Waals surface area contributed by atoms with E-state index in [0.29, 0.717) is 0 Å². The van der Waals surface area contributed by atoms with Crippen LogP contribution in [0.1, 0.15) is 10.4 Å². The van der Waals surface area contributed by atoms with Crippen LogP contribution in [0.15, 0.2) is 40.2 Å². The van der Waals surface area contributed by atoms with Crippen LogP contribution in [0.25, 0.3) is 0 Å². The third kappa shape index (κ3) is 4.76. The number of anilines is 1. The van der Waals surface area contributed by atoms with Crippen molar-refractivity contribution in [1.29, 1.82) is 0 Å². The molecular formula is C17H20BrN3S2. The molecule has 0 saturated carbocycles. The quantitative estimate of drug-likeness (QED) is 0.759. The Bertz CT molecular complexity index is 678. The zero-order chi connectivity index (χ0) is 16.2. The van der Waals surface area contributed by atoms with Crippen molar-refractivity contribution in [2.24, 2.45) is 0 Å². The molecule has 1 aromatic heterocycles. The van der Waals surface area contributed by atoms with Gasteiger partial charge in [0.1, 0.15) is 0 Å². The monoisotopic (exact) mass is 409 g/mol. The molecule has 1 aliphatic heterocycles. The largest absolute Gasteiger partial charge is 0.346 e. The van der Waals surface area contributed by atoms with Gasteiger partial charge in [-0.15, -0.1) is 11.3 Å². The molecule has 3 nitrogen and oxygen atoms in total. The normalized spacial score (nSPS) is 15.7. The number of benzene rings is 1. The second-order valence-corrected chi connectivity index (χ2v) is 8.70. The van der Waals surface area contributed by atoms with Crippen molar-refractivity contribution in [3.05, 3.63) is 50.6 Å². The molecule has 23 heavy (non-hydrogen) atoms. The summed E-state index contributed by atoms with van der Waals surface area (Å²) in [7, 11) is 0. The van der Waals surface area contributed by atoms with Gasteiger partial charge in [0.05, 0.1) is 3.79 Å². The Morgan fingerprint density at radius 1 is 1.22 bits per heavy atom. The molecule has 0 atom stereocenters. The van der Waals surface area contributed by atoms with Gasteiger partial charge in [0.2, 0.25) is 0 Å². The van der Waals surface area contributed by atoms with Crippen LogP contribution >= 0.6 is 39.5 Å². The highest BCUT2D eigenvalue weighted by Crippen LogP contribution is 2.23. The summed E-state index contributed by atoms with van der Waals surface area (Å²) in [6.07, 6.45) is 0. The topological polar surface area (TPSA) is 18.5 Å². The van der Waals surface area contributed by atoms with E-state index in [9.17, 15) is 0 Å². The Morgan fingerprint density at radius 2 is 2.00 bits per heavy atom. The predicted octanol–water partition coefficient (Wildman–Crippen LogP) is 4.33. The molecule has 1 aromatic carbocycles. The van der Waals surface area contributed by atoms with Crippen LogP contribution in [0.4, 0.5) is 5.69 Å². The van der Waals surface area contributed by atoms with Gasteiger partial charge in [-0.2, -0.15) is 0 Å². The van der Waals surface area contributed by atoms with Gasteiger partial charge in [-0.1, -0.05) is 12.1 Å². The Morgan fingerprint density at radius 3 is 2.65 bits per heavy atom. The van der Waals surface area contributed by atoms with Gasteiger partial charge in [-0.05, 0) is 64.9 Å². The smallest absolute Gasteiger partial charge is 0.173 e. The molecule has 3 rings (SSSR count). The second-order valence-electron chi connectivity index (χ2n) is 5.77. The molecule has 0 amide bonds. The molecule has 0 bridgehead atoms. The molecule has 2 heterocycles. The van der Waals surface area contributed by atoms with Crippen molar-refractivity contribution >= 4 is 50.3 Å². The maximum Gasteiger partial charge on any atom is 0.173 e. The van der Waals surface area contributed by atoms with Crippen molar-refractivity contribution in [3.8, 4) is 0 Å². The van der Waals surface area contributed by atoms with E-state index in [1.54, 1.807) is 0 Å². The van der Waals surface area contributed by atoms with Crippen molar-refractivity contribution in [2.75, 3.05) is 31.5 Å². The Hall–Kier alpha value is -0.950. The maximum absolute atomic E-state index is 5.56. The summed E-state index contributed by atoms with van der Waals surface area (Å²) in [5.41, 5.74) is 2.31. The molecule has 0 radical (unpaired) electrons. The summed E-state index contributed by atoms with van der Waals surface area (Å²) in [4.78, 5) is 6.16. The molecule has 1 saturated heterocycles. The van der Waals surface area contributed by atoms with Crippen molar-refractivity contribution in [1.82, 2.24) is 9.80 Å². The van der Waals surface area contributed by atoms with Gasteiger partial charge < -0.3 is 10.2 Å². The average molecular weight is 410 g/mol. The number of piperazine rings is 1. The third-order valence-electron chi connectivity index (χ3n) is 3.94. The lowest BCUT2D eigenvalue weighted by molar-refractivity contribution is 0.178. The van der Waals surface area contributed by atoms with Crippen LogP contribution in [-0.2, 0) is 6.54 Å². The summed E-state index contributed by atoms with van der Waals surface area (Å²) >= 11 is 10.9. The fraction of sp³-hybridized carbons (Fsp3) is 0.353. The number of halogens is 1. The first-order chi connectivity index (χ1) is 11.1. The average Bonchev–Trinajstić information content (AvgIpc) is 2.93. The SMILES string of the molecule is Cc1cccc(NC(=S)N2CCN(Cc3ccc(Br)s3)CC2)c1. The zero-order valence-electron chi connectivity index (χ0n) is 13.1. The highest BCUT2D eigenvalue weighted by atomic mass is 79.9. The van der Waals surface area contributed by atoms with Crippen molar-refractivity contribution < 1.29 is 0 Å². The van der Waals surface area contributed by atoms with Gasteiger partial charge in [0, 0.05) is 43.3 Å². The van der Waals surface area contributed by atoms with Crippen LogP contribution in [0.5, 0.6) is 0 Å². The van der Waals surface area contributed by atoms with E-state index < -0.39 is 0 Å².